The molecule has 0 unspecified atom stereocenters. The standard InChI is InChI=1S/C19H19Cl2N3O2S.ClH/c1-23(2)10-11-24(18(25)12-4-6-13(20)7-5-12)19-22-16-15(26-3)9-8-14(21)17(16)27-19;/h4-9H,10-11H2,1-3H3;1H. The quantitative estimate of drug-likeness (QED) is 0.504. The van der Waals surface area contributed by atoms with Crippen LogP contribution in [0.2, 0.25) is 10.0 Å². The summed E-state index contributed by atoms with van der Waals surface area (Å²) in [5, 5.41) is 1.75. The molecule has 0 fully saturated rings. The van der Waals surface area contributed by atoms with E-state index < -0.39 is 0 Å². The average molecular weight is 461 g/mol. The first kappa shape index (κ1) is 22.7. The van der Waals surface area contributed by atoms with Gasteiger partial charge in [0.05, 0.1) is 16.8 Å². The number of likely N-dealkylation sites (N-methyl/N-ethyl adjacent to an activating group) is 1. The van der Waals surface area contributed by atoms with E-state index in [1.54, 1.807) is 48.4 Å². The zero-order valence-electron chi connectivity index (χ0n) is 15.6. The maximum absolute atomic E-state index is 13.2. The van der Waals surface area contributed by atoms with Crippen LogP contribution in [0.1, 0.15) is 10.4 Å². The van der Waals surface area contributed by atoms with Crippen molar-refractivity contribution in [3.63, 3.8) is 0 Å². The molecule has 1 amide bonds. The van der Waals surface area contributed by atoms with Gasteiger partial charge in [-0.15, -0.1) is 12.4 Å². The zero-order chi connectivity index (χ0) is 19.6. The van der Waals surface area contributed by atoms with E-state index in [0.717, 1.165) is 4.70 Å². The van der Waals surface area contributed by atoms with Crippen molar-refractivity contribution in [2.75, 3.05) is 39.2 Å². The van der Waals surface area contributed by atoms with Gasteiger partial charge in [0.15, 0.2) is 5.13 Å². The molecule has 0 aliphatic carbocycles. The van der Waals surface area contributed by atoms with Gasteiger partial charge in [0, 0.05) is 23.7 Å². The predicted octanol–water partition coefficient (Wildman–Crippen LogP) is 5.24. The maximum atomic E-state index is 13.2. The second kappa shape index (κ2) is 9.76. The largest absolute Gasteiger partial charge is 0.494 e. The summed E-state index contributed by atoms with van der Waals surface area (Å²) in [6.45, 7) is 1.19. The van der Waals surface area contributed by atoms with E-state index in [4.69, 9.17) is 27.9 Å². The molecule has 0 bridgehead atoms. The lowest BCUT2D eigenvalue weighted by atomic mass is 10.2. The third-order valence-corrected chi connectivity index (χ3v) is 5.80. The molecule has 0 aliphatic heterocycles. The first-order valence-corrected chi connectivity index (χ1v) is 9.83. The molecule has 5 nitrogen and oxygen atoms in total. The van der Waals surface area contributed by atoms with E-state index in [0.29, 0.717) is 45.1 Å². The monoisotopic (exact) mass is 459 g/mol. The van der Waals surface area contributed by atoms with Gasteiger partial charge >= 0.3 is 0 Å². The molecule has 1 aromatic heterocycles. The number of hydrogen-bond acceptors (Lipinski definition) is 5. The summed E-state index contributed by atoms with van der Waals surface area (Å²) in [7, 11) is 5.51. The van der Waals surface area contributed by atoms with Gasteiger partial charge in [-0.25, -0.2) is 4.98 Å². The summed E-state index contributed by atoms with van der Waals surface area (Å²) in [5.41, 5.74) is 1.21. The Balaban J connectivity index is 0.00000280. The minimum atomic E-state index is -0.136. The molecular formula is C19H20Cl3N3O2S. The minimum Gasteiger partial charge on any atom is -0.494 e. The first-order valence-electron chi connectivity index (χ1n) is 8.26. The summed E-state index contributed by atoms with van der Waals surface area (Å²) in [6.07, 6.45) is 0. The van der Waals surface area contributed by atoms with Crippen LogP contribution in [0.4, 0.5) is 5.13 Å². The Bertz CT molecular complexity index is 961. The topological polar surface area (TPSA) is 45.7 Å². The summed E-state index contributed by atoms with van der Waals surface area (Å²) >= 11 is 13.7. The number of benzene rings is 2. The van der Waals surface area contributed by atoms with Crippen LogP contribution in [0.15, 0.2) is 36.4 Å². The summed E-state index contributed by atoms with van der Waals surface area (Å²) < 4.78 is 6.19. The number of nitrogens with zero attached hydrogens (tertiary/aromatic N) is 3. The van der Waals surface area contributed by atoms with Crippen LogP contribution in [0, 0.1) is 0 Å². The maximum Gasteiger partial charge on any atom is 0.260 e. The van der Waals surface area contributed by atoms with E-state index in [9.17, 15) is 4.79 Å². The van der Waals surface area contributed by atoms with Gasteiger partial charge in [0.1, 0.15) is 11.3 Å². The molecule has 0 spiro atoms. The third kappa shape index (κ3) is 4.88. The smallest absolute Gasteiger partial charge is 0.260 e. The molecule has 150 valence electrons. The summed E-state index contributed by atoms with van der Waals surface area (Å²) in [6, 6.07) is 10.4. The SMILES string of the molecule is COc1ccc(Cl)c2sc(N(CCN(C)C)C(=O)c3ccc(Cl)cc3)nc12.Cl. The van der Waals surface area contributed by atoms with Crippen molar-refractivity contribution in [1.29, 1.82) is 0 Å². The minimum absolute atomic E-state index is 0. The Kier molecular flexibility index (Phi) is 7.92. The normalized spacial score (nSPS) is 10.8. The number of methoxy groups -OCH3 is 1. The summed E-state index contributed by atoms with van der Waals surface area (Å²) in [4.78, 5) is 21.5. The van der Waals surface area contributed by atoms with Crippen molar-refractivity contribution in [1.82, 2.24) is 9.88 Å². The number of aromatic nitrogens is 1. The van der Waals surface area contributed by atoms with Gasteiger partial charge in [-0.1, -0.05) is 34.5 Å². The Morgan fingerprint density at radius 1 is 1.11 bits per heavy atom. The van der Waals surface area contributed by atoms with Crippen LogP contribution >= 0.6 is 46.9 Å². The number of fused-ring (bicyclic) bond motifs is 1. The molecule has 0 radical (unpaired) electrons. The number of carbonyl (C=O) groups excluding carboxylic acids is 1. The zero-order valence-corrected chi connectivity index (χ0v) is 18.8. The highest BCUT2D eigenvalue weighted by atomic mass is 35.5. The van der Waals surface area contributed by atoms with Gasteiger partial charge in [-0.2, -0.15) is 0 Å². The molecule has 3 aromatic rings. The summed E-state index contributed by atoms with van der Waals surface area (Å²) in [5.74, 6) is 0.492. The number of carbonyl (C=O) groups is 1. The Morgan fingerprint density at radius 2 is 1.79 bits per heavy atom. The van der Waals surface area contributed by atoms with Crippen molar-refractivity contribution in [2.45, 2.75) is 0 Å². The van der Waals surface area contributed by atoms with Gasteiger partial charge in [0.2, 0.25) is 0 Å². The van der Waals surface area contributed by atoms with Gasteiger partial charge in [-0.05, 0) is 50.5 Å². The number of thiazole rings is 1. The molecule has 2 aromatic carbocycles. The fourth-order valence-corrected chi connectivity index (χ4v) is 3.96. The van der Waals surface area contributed by atoms with Crippen molar-refractivity contribution in [3.05, 3.63) is 52.0 Å². The molecule has 1 heterocycles. The molecule has 0 aliphatic rings. The molecule has 28 heavy (non-hydrogen) atoms. The van der Waals surface area contributed by atoms with E-state index in [-0.39, 0.29) is 18.3 Å². The fraction of sp³-hybridized carbons (Fsp3) is 0.263. The molecule has 0 saturated carbocycles. The molecular weight excluding hydrogens is 441 g/mol. The molecule has 3 rings (SSSR count). The van der Waals surface area contributed by atoms with E-state index in [2.05, 4.69) is 4.98 Å². The predicted molar refractivity (Wildman–Crippen MR) is 120 cm³/mol. The second-order valence-corrected chi connectivity index (χ2v) is 8.01. The Morgan fingerprint density at radius 3 is 2.39 bits per heavy atom. The number of amides is 1. The van der Waals surface area contributed by atoms with Crippen molar-refractivity contribution in [2.24, 2.45) is 0 Å². The Hall–Kier alpha value is -1.57. The number of halogens is 3. The van der Waals surface area contributed by atoms with Crippen LogP contribution in [0.25, 0.3) is 10.2 Å². The number of hydrogen-bond donors (Lipinski definition) is 0. The molecule has 9 heteroatoms. The second-order valence-electron chi connectivity index (χ2n) is 6.19. The van der Waals surface area contributed by atoms with Gasteiger partial charge in [0.25, 0.3) is 5.91 Å². The van der Waals surface area contributed by atoms with Crippen LogP contribution < -0.4 is 9.64 Å². The molecule has 0 N–H and O–H groups in total. The van der Waals surface area contributed by atoms with Crippen LogP contribution in [0.5, 0.6) is 5.75 Å². The lowest BCUT2D eigenvalue weighted by Crippen LogP contribution is -2.36. The lowest BCUT2D eigenvalue weighted by Gasteiger charge is -2.22. The number of rotatable bonds is 6. The van der Waals surface area contributed by atoms with E-state index >= 15 is 0 Å². The average Bonchev–Trinajstić information content (AvgIpc) is 3.08. The number of ether oxygens (including phenoxy) is 1. The highest BCUT2D eigenvalue weighted by Gasteiger charge is 2.23. The molecule has 0 atom stereocenters. The van der Waals surface area contributed by atoms with Crippen molar-refractivity contribution in [3.8, 4) is 5.75 Å². The van der Waals surface area contributed by atoms with Gasteiger partial charge < -0.3 is 9.64 Å². The number of anilines is 1. The van der Waals surface area contributed by atoms with Crippen LogP contribution in [-0.2, 0) is 0 Å². The lowest BCUT2D eigenvalue weighted by molar-refractivity contribution is 0.0985. The fourth-order valence-electron chi connectivity index (χ4n) is 2.55. The molecule has 0 saturated heterocycles. The highest BCUT2D eigenvalue weighted by Crippen LogP contribution is 2.39. The first-order chi connectivity index (χ1) is 12.9. The highest BCUT2D eigenvalue weighted by molar-refractivity contribution is 7.23. The van der Waals surface area contributed by atoms with Gasteiger partial charge in [-0.3, -0.25) is 9.69 Å². The van der Waals surface area contributed by atoms with E-state index in [1.807, 2.05) is 19.0 Å². The Labute approximate surface area is 184 Å². The van der Waals surface area contributed by atoms with Crippen LogP contribution in [0.3, 0.4) is 0 Å². The van der Waals surface area contributed by atoms with Crippen LogP contribution in [-0.4, -0.2) is 50.1 Å². The van der Waals surface area contributed by atoms with E-state index in [1.165, 1.54) is 11.3 Å². The third-order valence-electron chi connectivity index (χ3n) is 4.01. The van der Waals surface area contributed by atoms with Crippen molar-refractivity contribution < 1.29 is 9.53 Å². The van der Waals surface area contributed by atoms with Crippen molar-refractivity contribution >= 4 is 68.2 Å².